The maximum atomic E-state index is 12.5. The highest BCUT2D eigenvalue weighted by Gasteiger charge is 2.56. The molecular weight excluding hydrogens is 287 g/mol. The highest BCUT2D eigenvalue weighted by atomic mass is 19.4. The van der Waals surface area contributed by atoms with Gasteiger partial charge >= 0.3 is 6.18 Å². The maximum absolute atomic E-state index is 12.5. The van der Waals surface area contributed by atoms with Gasteiger partial charge in [-0.05, 0) is 32.4 Å². The first-order valence-corrected chi connectivity index (χ1v) is 6.95. The lowest BCUT2D eigenvalue weighted by Crippen LogP contribution is -2.35. The predicted octanol–water partition coefficient (Wildman–Crippen LogP) is 0.883. The number of hydrogen-bond donors (Lipinski definition) is 2. The first kappa shape index (κ1) is 14.3. The third-order valence-corrected chi connectivity index (χ3v) is 3.99. The van der Waals surface area contributed by atoms with E-state index in [0.717, 1.165) is 25.9 Å². The number of rotatable bonds is 3. The maximum Gasteiger partial charge on any atom is 0.393 e. The van der Waals surface area contributed by atoms with Crippen molar-refractivity contribution in [2.75, 3.05) is 13.1 Å². The van der Waals surface area contributed by atoms with Crippen molar-refractivity contribution >= 4 is 5.91 Å². The van der Waals surface area contributed by atoms with Gasteiger partial charge in [0, 0.05) is 6.04 Å². The van der Waals surface area contributed by atoms with Gasteiger partial charge in [-0.25, -0.2) is 4.68 Å². The van der Waals surface area contributed by atoms with Crippen molar-refractivity contribution in [3.05, 3.63) is 11.9 Å². The van der Waals surface area contributed by atoms with Crippen LogP contribution in [0.25, 0.3) is 0 Å². The van der Waals surface area contributed by atoms with Crippen molar-refractivity contribution in [3.63, 3.8) is 0 Å². The van der Waals surface area contributed by atoms with Crippen molar-refractivity contribution in [2.24, 2.45) is 5.92 Å². The molecule has 6 nitrogen and oxygen atoms in total. The Bertz CT molecular complexity index is 523. The molecule has 1 saturated heterocycles. The van der Waals surface area contributed by atoms with Crippen molar-refractivity contribution in [1.82, 2.24) is 25.6 Å². The van der Waals surface area contributed by atoms with Gasteiger partial charge in [-0.3, -0.25) is 4.79 Å². The molecule has 0 radical (unpaired) electrons. The zero-order chi connectivity index (χ0) is 15.0. The zero-order valence-electron chi connectivity index (χ0n) is 11.2. The van der Waals surface area contributed by atoms with Crippen molar-refractivity contribution in [1.29, 1.82) is 0 Å². The monoisotopic (exact) mass is 303 g/mol. The second-order valence-electron chi connectivity index (χ2n) is 5.51. The van der Waals surface area contributed by atoms with Crippen LogP contribution in [0.1, 0.15) is 35.8 Å². The van der Waals surface area contributed by atoms with Crippen LogP contribution in [0.15, 0.2) is 6.20 Å². The number of nitrogens with zero attached hydrogens (tertiary/aromatic N) is 3. The smallest absolute Gasteiger partial charge is 0.347 e. The van der Waals surface area contributed by atoms with E-state index < -0.39 is 24.0 Å². The summed E-state index contributed by atoms with van der Waals surface area (Å²) in [5.74, 6) is -1.96. The Morgan fingerprint density at radius 3 is 2.71 bits per heavy atom. The fraction of sp³-hybridized carbons (Fsp3) is 0.750. The summed E-state index contributed by atoms with van der Waals surface area (Å²) in [6.07, 6.45) is -1.35. The number of piperidine rings is 1. The fourth-order valence-corrected chi connectivity index (χ4v) is 2.69. The Balaban J connectivity index is 1.65. The van der Waals surface area contributed by atoms with Crippen LogP contribution in [0, 0.1) is 5.92 Å². The summed E-state index contributed by atoms with van der Waals surface area (Å²) >= 11 is 0. The Morgan fingerprint density at radius 2 is 2.10 bits per heavy atom. The molecule has 0 unspecified atom stereocenters. The Kier molecular flexibility index (Phi) is 3.60. The van der Waals surface area contributed by atoms with E-state index in [2.05, 4.69) is 20.9 Å². The summed E-state index contributed by atoms with van der Waals surface area (Å²) in [6, 6.07) is -0.763. The number of hydrogen-bond acceptors (Lipinski definition) is 4. The van der Waals surface area contributed by atoms with Crippen LogP contribution < -0.4 is 10.6 Å². The van der Waals surface area contributed by atoms with E-state index in [1.54, 1.807) is 0 Å². The number of nitrogens with one attached hydrogen (secondary N) is 2. The average molecular weight is 303 g/mol. The molecule has 21 heavy (non-hydrogen) atoms. The molecule has 2 aliphatic rings. The quantitative estimate of drug-likeness (QED) is 0.869. The average Bonchev–Trinajstić information content (AvgIpc) is 3.05. The standard InChI is InChI=1S/C12H16F3N5O/c13-12(14,15)8-5-9(8)18-11(21)10-6-17-19-20(10)7-1-3-16-4-2-7/h6-9,16H,1-5H2,(H,18,21)/t8-,9-/m1/s1. The molecule has 1 saturated carbocycles. The normalized spacial score (nSPS) is 26.6. The van der Waals surface area contributed by atoms with Crippen LogP contribution in [0.4, 0.5) is 13.2 Å². The molecule has 116 valence electrons. The lowest BCUT2D eigenvalue weighted by Gasteiger charge is -2.23. The van der Waals surface area contributed by atoms with Gasteiger partial charge in [0.25, 0.3) is 5.91 Å². The minimum absolute atomic E-state index is 0.0514. The lowest BCUT2D eigenvalue weighted by molar-refractivity contribution is -0.148. The van der Waals surface area contributed by atoms with Crippen molar-refractivity contribution in [3.8, 4) is 0 Å². The van der Waals surface area contributed by atoms with Crippen LogP contribution in [0.2, 0.25) is 0 Å². The van der Waals surface area contributed by atoms with Gasteiger partial charge in [0.2, 0.25) is 0 Å². The Morgan fingerprint density at radius 1 is 1.38 bits per heavy atom. The highest BCUT2D eigenvalue weighted by Crippen LogP contribution is 2.44. The second-order valence-corrected chi connectivity index (χ2v) is 5.51. The minimum Gasteiger partial charge on any atom is -0.347 e. The van der Waals surface area contributed by atoms with Crippen LogP contribution >= 0.6 is 0 Å². The Labute approximate surface area is 119 Å². The molecule has 1 aromatic rings. The van der Waals surface area contributed by atoms with Crippen LogP contribution in [-0.4, -0.2) is 46.2 Å². The molecule has 1 aliphatic carbocycles. The van der Waals surface area contributed by atoms with E-state index in [9.17, 15) is 18.0 Å². The SMILES string of the molecule is O=C(N[C@@H]1C[C@H]1C(F)(F)F)c1cnnn1C1CCNCC1. The summed E-state index contributed by atoms with van der Waals surface area (Å²) in [5.41, 5.74) is 0.231. The van der Waals surface area contributed by atoms with E-state index in [1.165, 1.54) is 10.9 Å². The molecule has 1 aliphatic heterocycles. The van der Waals surface area contributed by atoms with Gasteiger partial charge in [0.15, 0.2) is 0 Å². The molecule has 2 fully saturated rings. The molecule has 1 amide bonds. The third kappa shape index (κ3) is 3.02. The molecule has 0 spiro atoms. The number of alkyl halides is 3. The van der Waals surface area contributed by atoms with Gasteiger partial charge in [-0.15, -0.1) is 5.10 Å². The first-order chi connectivity index (χ1) is 9.97. The number of halogens is 3. The molecule has 0 bridgehead atoms. The van der Waals surface area contributed by atoms with Gasteiger partial charge in [0.1, 0.15) is 5.69 Å². The summed E-state index contributed by atoms with van der Waals surface area (Å²) in [5, 5.41) is 13.3. The fourth-order valence-electron chi connectivity index (χ4n) is 2.69. The summed E-state index contributed by atoms with van der Waals surface area (Å²) in [6.45, 7) is 1.65. The largest absolute Gasteiger partial charge is 0.393 e. The van der Waals surface area contributed by atoms with Gasteiger partial charge in [-0.2, -0.15) is 13.2 Å². The summed E-state index contributed by atoms with van der Waals surface area (Å²) in [7, 11) is 0. The van der Waals surface area contributed by atoms with E-state index >= 15 is 0 Å². The topological polar surface area (TPSA) is 71.8 Å². The van der Waals surface area contributed by atoms with Gasteiger partial charge < -0.3 is 10.6 Å². The third-order valence-electron chi connectivity index (χ3n) is 3.99. The number of carbonyl (C=O) groups is 1. The molecule has 9 heteroatoms. The van der Waals surface area contributed by atoms with Crippen molar-refractivity contribution < 1.29 is 18.0 Å². The number of carbonyl (C=O) groups excluding carboxylic acids is 1. The van der Waals surface area contributed by atoms with Crippen LogP contribution in [0.3, 0.4) is 0 Å². The summed E-state index contributed by atoms with van der Waals surface area (Å²) in [4.78, 5) is 12.1. The lowest BCUT2D eigenvalue weighted by atomic mass is 10.1. The Hall–Kier alpha value is -1.64. The number of amides is 1. The van der Waals surface area contributed by atoms with E-state index in [1.807, 2.05) is 0 Å². The van der Waals surface area contributed by atoms with E-state index in [0.29, 0.717) is 0 Å². The molecule has 2 atom stereocenters. The van der Waals surface area contributed by atoms with Crippen LogP contribution in [0.5, 0.6) is 0 Å². The highest BCUT2D eigenvalue weighted by molar-refractivity contribution is 5.92. The first-order valence-electron chi connectivity index (χ1n) is 6.95. The predicted molar refractivity (Wildman–Crippen MR) is 66.6 cm³/mol. The van der Waals surface area contributed by atoms with Crippen LogP contribution in [-0.2, 0) is 0 Å². The second kappa shape index (κ2) is 5.28. The van der Waals surface area contributed by atoms with E-state index in [-0.39, 0.29) is 18.2 Å². The molecule has 0 aromatic carbocycles. The van der Waals surface area contributed by atoms with Gasteiger partial charge in [-0.1, -0.05) is 5.21 Å². The zero-order valence-corrected chi connectivity index (χ0v) is 11.2. The van der Waals surface area contributed by atoms with Gasteiger partial charge in [0.05, 0.1) is 18.2 Å². The number of aromatic nitrogens is 3. The molecule has 2 N–H and O–H groups in total. The van der Waals surface area contributed by atoms with E-state index in [4.69, 9.17) is 0 Å². The molecular formula is C12H16F3N5O. The van der Waals surface area contributed by atoms with Crippen molar-refractivity contribution in [2.45, 2.75) is 37.5 Å². The molecule has 3 rings (SSSR count). The summed E-state index contributed by atoms with van der Waals surface area (Å²) < 4.78 is 38.9. The minimum atomic E-state index is -4.24. The molecule has 1 aromatic heterocycles. The molecule has 2 heterocycles.